The first kappa shape index (κ1) is 12.1. The van der Waals surface area contributed by atoms with Crippen molar-refractivity contribution in [2.24, 2.45) is 5.41 Å². The average molecular weight is 282 g/mol. The third kappa shape index (κ3) is 2.86. The van der Waals surface area contributed by atoms with Crippen molar-refractivity contribution in [1.82, 2.24) is 5.32 Å². The molecule has 0 heterocycles. The molecule has 1 saturated carbocycles. The van der Waals surface area contributed by atoms with E-state index in [0.717, 1.165) is 6.54 Å². The molecule has 0 radical (unpaired) electrons. The maximum Gasteiger partial charge on any atom is 0.0177 e. The van der Waals surface area contributed by atoms with E-state index in [4.69, 9.17) is 0 Å². The summed E-state index contributed by atoms with van der Waals surface area (Å²) in [6, 6.07) is 8.74. The van der Waals surface area contributed by atoms with Gasteiger partial charge in [0.2, 0.25) is 0 Å². The lowest BCUT2D eigenvalue weighted by Crippen LogP contribution is -2.41. The number of nitrogens with one attached hydrogen (secondary N) is 1. The second kappa shape index (κ2) is 5.33. The molecular formula is C14H20BrN. The lowest BCUT2D eigenvalue weighted by molar-refractivity contribution is 0.131. The Morgan fingerprint density at radius 3 is 2.75 bits per heavy atom. The third-order valence-corrected chi connectivity index (χ3v) is 4.13. The van der Waals surface area contributed by atoms with Gasteiger partial charge in [-0.05, 0) is 48.9 Å². The number of benzene rings is 1. The van der Waals surface area contributed by atoms with E-state index in [1.54, 1.807) is 0 Å². The van der Waals surface area contributed by atoms with Gasteiger partial charge < -0.3 is 5.32 Å². The summed E-state index contributed by atoms with van der Waals surface area (Å²) in [5.41, 5.74) is 2.00. The molecule has 1 aliphatic rings. The monoisotopic (exact) mass is 281 g/mol. The quantitative estimate of drug-likeness (QED) is 0.866. The van der Waals surface area contributed by atoms with E-state index in [2.05, 4.69) is 52.4 Å². The van der Waals surface area contributed by atoms with E-state index in [9.17, 15) is 0 Å². The van der Waals surface area contributed by atoms with Crippen LogP contribution in [0.15, 0.2) is 28.7 Å². The minimum absolute atomic E-state index is 0.538. The van der Waals surface area contributed by atoms with E-state index in [1.807, 2.05) is 0 Å². The molecule has 0 atom stereocenters. The summed E-state index contributed by atoms with van der Waals surface area (Å²) in [7, 11) is 0. The zero-order valence-corrected chi connectivity index (χ0v) is 11.5. The van der Waals surface area contributed by atoms with Gasteiger partial charge in [-0.15, -0.1) is 0 Å². The highest BCUT2D eigenvalue weighted by Crippen LogP contribution is 2.43. The number of rotatable bonds is 5. The van der Waals surface area contributed by atoms with Crippen LogP contribution in [0.25, 0.3) is 0 Å². The molecule has 0 unspecified atom stereocenters. The Morgan fingerprint density at radius 2 is 2.19 bits per heavy atom. The van der Waals surface area contributed by atoms with Gasteiger partial charge in [0.05, 0.1) is 0 Å². The highest BCUT2D eigenvalue weighted by molar-refractivity contribution is 9.10. The van der Waals surface area contributed by atoms with Crippen molar-refractivity contribution in [3.8, 4) is 0 Å². The van der Waals surface area contributed by atoms with Crippen LogP contribution in [0.3, 0.4) is 0 Å². The van der Waals surface area contributed by atoms with Gasteiger partial charge in [0.25, 0.3) is 0 Å². The number of halogens is 1. The molecule has 88 valence electrons. The predicted molar refractivity (Wildman–Crippen MR) is 72.7 cm³/mol. The minimum Gasteiger partial charge on any atom is -0.316 e. The highest BCUT2D eigenvalue weighted by Gasteiger charge is 2.36. The number of hydrogen-bond donors (Lipinski definition) is 1. The molecule has 16 heavy (non-hydrogen) atoms. The van der Waals surface area contributed by atoms with Crippen molar-refractivity contribution >= 4 is 15.9 Å². The Hall–Kier alpha value is -0.340. The molecule has 1 aliphatic carbocycles. The van der Waals surface area contributed by atoms with Crippen LogP contribution in [0.2, 0.25) is 0 Å². The van der Waals surface area contributed by atoms with Gasteiger partial charge in [0, 0.05) is 11.0 Å². The fourth-order valence-corrected chi connectivity index (χ4v) is 3.01. The molecule has 1 aromatic carbocycles. The van der Waals surface area contributed by atoms with Crippen molar-refractivity contribution in [2.45, 2.75) is 32.6 Å². The second-order valence-corrected chi connectivity index (χ2v) is 5.86. The van der Waals surface area contributed by atoms with E-state index in [0.29, 0.717) is 5.41 Å². The van der Waals surface area contributed by atoms with Crippen molar-refractivity contribution in [3.05, 3.63) is 34.3 Å². The zero-order valence-electron chi connectivity index (χ0n) is 9.93. The molecule has 0 saturated heterocycles. The van der Waals surface area contributed by atoms with E-state index >= 15 is 0 Å². The van der Waals surface area contributed by atoms with Crippen LogP contribution in [0.5, 0.6) is 0 Å². The first-order valence-corrected chi connectivity index (χ1v) is 6.99. The van der Waals surface area contributed by atoms with Crippen molar-refractivity contribution in [3.63, 3.8) is 0 Å². The van der Waals surface area contributed by atoms with Crippen molar-refractivity contribution < 1.29 is 0 Å². The van der Waals surface area contributed by atoms with Crippen LogP contribution < -0.4 is 5.32 Å². The lowest BCUT2D eigenvalue weighted by Gasteiger charge is -2.42. The maximum absolute atomic E-state index is 3.55. The average Bonchev–Trinajstić information content (AvgIpc) is 2.22. The van der Waals surface area contributed by atoms with Crippen LogP contribution in [-0.2, 0) is 6.42 Å². The smallest absolute Gasteiger partial charge is 0.0177 e. The largest absolute Gasteiger partial charge is 0.316 e. The fraction of sp³-hybridized carbons (Fsp3) is 0.571. The Bertz CT molecular complexity index is 344. The van der Waals surface area contributed by atoms with Crippen molar-refractivity contribution in [1.29, 1.82) is 0 Å². The van der Waals surface area contributed by atoms with Gasteiger partial charge in [0.15, 0.2) is 0 Å². The summed E-state index contributed by atoms with van der Waals surface area (Å²) in [6.07, 6.45) is 5.39. The molecule has 1 nitrogen and oxygen atoms in total. The molecule has 0 aromatic heterocycles. The Balaban J connectivity index is 2.01. The first-order chi connectivity index (χ1) is 7.74. The fourth-order valence-electron chi connectivity index (χ4n) is 2.56. The standard InChI is InChI=1S/C14H20BrN/c1-2-16-11-14(7-4-8-14)10-12-5-3-6-13(15)9-12/h3,5-6,9,16H,2,4,7-8,10-11H2,1H3. The maximum atomic E-state index is 3.55. The molecular weight excluding hydrogens is 262 g/mol. The van der Waals surface area contributed by atoms with Gasteiger partial charge in [-0.25, -0.2) is 0 Å². The Kier molecular flexibility index (Phi) is 4.04. The normalized spacial score (nSPS) is 18.1. The van der Waals surface area contributed by atoms with Gasteiger partial charge in [0.1, 0.15) is 0 Å². The molecule has 0 amide bonds. The minimum atomic E-state index is 0.538. The molecule has 1 N–H and O–H groups in total. The van der Waals surface area contributed by atoms with E-state index in [-0.39, 0.29) is 0 Å². The van der Waals surface area contributed by atoms with Crippen molar-refractivity contribution in [2.75, 3.05) is 13.1 Å². The van der Waals surface area contributed by atoms with Crippen LogP contribution in [0, 0.1) is 5.41 Å². The zero-order chi connectivity index (χ0) is 11.4. The summed E-state index contributed by atoms with van der Waals surface area (Å²) in [6.45, 7) is 4.45. The predicted octanol–water partition coefficient (Wildman–Crippen LogP) is 3.77. The Labute approximate surface area is 107 Å². The van der Waals surface area contributed by atoms with E-state index in [1.165, 1.54) is 42.3 Å². The van der Waals surface area contributed by atoms with Crippen LogP contribution in [0.1, 0.15) is 31.7 Å². The van der Waals surface area contributed by atoms with Gasteiger partial charge in [-0.3, -0.25) is 0 Å². The molecule has 0 aliphatic heterocycles. The third-order valence-electron chi connectivity index (χ3n) is 3.63. The first-order valence-electron chi connectivity index (χ1n) is 6.19. The van der Waals surface area contributed by atoms with Crippen LogP contribution in [0.4, 0.5) is 0 Å². The molecule has 1 fully saturated rings. The summed E-state index contributed by atoms with van der Waals surface area (Å²) < 4.78 is 1.20. The topological polar surface area (TPSA) is 12.0 Å². The summed E-state index contributed by atoms with van der Waals surface area (Å²) >= 11 is 3.55. The molecule has 0 bridgehead atoms. The summed E-state index contributed by atoms with van der Waals surface area (Å²) in [4.78, 5) is 0. The van der Waals surface area contributed by atoms with Crippen LogP contribution >= 0.6 is 15.9 Å². The van der Waals surface area contributed by atoms with Crippen LogP contribution in [-0.4, -0.2) is 13.1 Å². The molecule has 2 rings (SSSR count). The molecule has 2 heteroatoms. The second-order valence-electron chi connectivity index (χ2n) is 4.94. The van der Waals surface area contributed by atoms with Gasteiger partial charge in [-0.1, -0.05) is 41.4 Å². The van der Waals surface area contributed by atoms with E-state index < -0.39 is 0 Å². The van der Waals surface area contributed by atoms with Gasteiger partial charge in [-0.2, -0.15) is 0 Å². The SMILES string of the molecule is CCNCC1(Cc2cccc(Br)c2)CCC1. The lowest BCUT2D eigenvalue weighted by atomic mass is 9.65. The Morgan fingerprint density at radius 1 is 1.38 bits per heavy atom. The van der Waals surface area contributed by atoms with Gasteiger partial charge >= 0.3 is 0 Å². The summed E-state index contributed by atoms with van der Waals surface area (Å²) in [5.74, 6) is 0. The summed E-state index contributed by atoms with van der Waals surface area (Å²) in [5, 5.41) is 3.51. The molecule has 0 spiro atoms. The highest BCUT2D eigenvalue weighted by atomic mass is 79.9. The number of hydrogen-bond acceptors (Lipinski definition) is 1. The molecule has 1 aromatic rings.